The molecule has 20 heavy (non-hydrogen) atoms. The molecule has 1 aliphatic rings. The van der Waals surface area contributed by atoms with Gasteiger partial charge in [-0.1, -0.05) is 6.07 Å². The number of thiophene rings is 1. The molecule has 2 heterocycles. The van der Waals surface area contributed by atoms with Gasteiger partial charge in [-0.05, 0) is 43.3 Å². The van der Waals surface area contributed by atoms with Crippen LogP contribution >= 0.6 is 11.3 Å². The number of carbonyl (C=O) groups excluding carboxylic acids is 1. The predicted octanol–water partition coefficient (Wildman–Crippen LogP) is 2.53. The van der Waals surface area contributed by atoms with Crippen molar-refractivity contribution in [3.05, 3.63) is 46.0 Å². The van der Waals surface area contributed by atoms with E-state index in [0.29, 0.717) is 5.76 Å². The molecule has 4 nitrogen and oxygen atoms in total. The maximum Gasteiger partial charge on any atom is 0.231 e. The zero-order chi connectivity index (χ0) is 14.2. The molecule has 0 aromatic carbocycles. The lowest BCUT2D eigenvalue weighted by Gasteiger charge is -2.15. The van der Waals surface area contributed by atoms with Gasteiger partial charge in [0.25, 0.3) is 0 Å². The minimum Gasteiger partial charge on any atom is -0.464 e. The Morgan fingerprint density at radius 3 is 2.85 bits per heavy atom. The number of aryl methyl sites for hydroxylation is 1. The van der Waals surface area contributed by atoms with Gasteiger partial charge in [0.05, 0.1) is 12.0 Å². The number of nitrogens with one attached hydrogen (secondary N) is 1. The first-order valence-corrected chi connectivity index (χ1v) is 7.56. The van der Waals surface area contributed by atoms with Gasteiger partial charge in [-0.15, -0.1) is 11.3 Å². The van der Waals surface area contributed by atoms with Crippen molar-refractivity contribution in [2.24, 2.45) is 0 Å². The Morgan fingerprint density at radius 1 is 1.50 bits per heavy atom. The Morgan fingerprint density at radius 2 is 2.30 bits per heavy atom. The van der Waals surface area contributed by atoms with Crippen LogP contribution in [0.3, 0.4) is 0 Å². The summed E-state index contributed by atoms with van der Waals surface area (Å²) in [6.45, 7) is 2.00. The largest absolute Gasteiger partial charge is 0.464 e. The van der Waals surface area contributed by atoms with Crippen molar-refractivity contribution in [3.63, 3.8) is 0 Å². The highest BCUT2D eigenvalue weighted by atomic mass is 32.1. The van der Waals surface area contributed by atoms with E-state index in [1.807, 2.05) is 24.4 Å². The molecule has 5 heteroatoms. The highest BCUT2D eigenvalue weighted by Gasteiger charge is 2.52. The second kappa shape index (κ2) is 5.07. The fourth-order valence-electron chi connectivity index (χ4n) is 2.35. The maximum atomic E-state index is 12.3. The second-order valence-electron chi connectivity index (χ2n) is 5.23. The van der Waals surface area contributed by atoms with Crippen molar-refractivity contribution in [1.82, 2.24) is 5.32 Å². The van der Waals surface area contributed by atoms with E-state index in [0.717, 1.165) is 23.5 Å². The molecule has 1 unspecified atom stereocenters. The maximum absolute atomic E-state index is 12.3. The molecular weight excluding hydrogens is 274 g/mol. The first-order chi connectivity index (χ1) is 9.62. The van der Waals surface area contributed by atoms with E-state index in [2.05, 4.69) is 5.32 Å². The van der Waals surface area contributed by atoms with Gasteiger partial charge in [0.2, 0.25) is 5.91 Å². The topological polar surface area (TPSA) is 62.5 Å². The summed E-state index contributed by atoms with van der Waals surface area (Å²) < 4.78 is 5.35. The standard InChI is InChI=1S/C15H17NO3S/c1-10-4-5-12(19-10)11(17)9-16-14(18)15(6-7-15)13-3-2-8-20-13/h2-5,8,11,17H,6-7,9H2,1H3,(H,16,18). The minimum absolute atomic E-state index is 0.00211. The average Bonchev–Trinajstić information content (AvgIpc) is 2.88. The van der Waals surface area contributed by atoms with E-state index in [4.69, 9.17) is 4.42 Å². The highest BCUT2D eigenvalue weighted by molar-refractivity contribution is 7.10. The third kappa shape index (κ3) is 2.39. The van der Waals surface area contributed by atoms with Crippen molar-refractivity contribution in [2.75, 3.05) is 6.54 Å². The Bertz CT molecular complexity index is 598. The lowest BCUT2D eigenvalue weighted by Crippen LogP contribution is -2.36. The number of carbonyl (C=O) groups is 1. The first-order valence-electron chi connectivity index (χ1n) is 6.68. The Kier molecular flexibility index (Phi) is 3.40. The summed E-state index contributed by atoms with van der Waals surface area (Å²) in [4.78, 5) is 13.4. The zero-order valence-electron chi connectivity index (χ0n) is 11.3. The van der Waals surface area contributed by atoms with E-state index < -0.39 is 6.10 Å². The summed E-state index contributed by atoms with van der Waals surface area (Å²) in [6.07, 6.45) is 0.969. The molecule has 2 aromatic rings. The predicted molar refractivity (Wildman–Crippen MR) is 76.6 cm³/mol. The number of furan rings is 1. The highest BCUT2D eigenvalue weighted by Crippen LogP contribution is 2.50. The van der Waals surface area contributed by atoms with Gasteiger partial charge in [-0.2, -0.15) is 0 Å². The Hall–Kier alpha value is -1.59. The van der Waals surface area contributed by atoms with Gasteiger partial charge in [0, 0.05) is 4.88 Å². The quantitative estimate of drug-likeness (QED) is 0.890. The van der Waals surface area contributed by atoms with Crippen LogP contribution in [0.1, 0.15) is 35.3 Å². The molecule has 106 valence electrons. The van der Waals surface area contributed by atoms with Crippen LogP contribution in [-0.4, -0.2) is 17.6 Å². The van der Waals surface area contributed by atoms with Crippen LogP contribution in [0.2, 0.25) is 0 Å². The van der Waals surface area contributed by atoms with E-state index in [1.54, 1.807) is 23.5 Å². The minimum atomic E-state index is -0.799. The zero-order valence-corrected chi connectivity index (χ0v) is 12.1. The molecule has 1 saturated carbocycles. The first kappa shape index (κ1) is 13.4. The van der Waals surface area contributed by atoms with Gasteiger partial charge < -0.3 is 14.8 Å². The Balaban J connectivity index is 1.60. The van der Waals surface area contributed by atoms with Gasteiger partial charge in [0.1, 0.15) is 17.6 Å². The van der Waals surface area contributed by atoms with Gasteiger partial charge in [-0.25, -0.2) is 0 Å². The van der Waals surface area contributed by atoms with E-state index in [-0.39, 0.29) is 17.9 Å². The summed E-state index contributed by atoms with van der Waals surface area (Å²) in [7, 11) is 0. The molecule has 0 bridgehead atoms. The van der Waals surface area contributed by atoms with Crippen LogP contribution in [-0.2, 0) is 10.2 Å². The molecule has 1 aliphatic carbocycles. The third-order valence-electron chi connectivity index (χ3n) is 3.72. The molecule has 1 fully saturated rings. The lowest BCUT2D eigenvalue weighted by atomic mass is 10.0. The van der Waals surface area contributed by atoms with Crippen LogP contribution in [0.5, 0.6) is 0 Å². The fourth-order valence-corrected chi connectivity index (χ4v) is 3.34. The smallest absolute Gasteiger partial charge is 0.231 e. The molecule has 0 saturated heterocycles. The summed E-state index contributed by atoms with van der Waals surface area (Å²) >= 11 is 1.61. The molecule has 2 aromatic heterocycles. The third-order valence-corrected chi connectivity index (χ3v) is 4.80. The van der Waals surface area contributed by atoms with E-state index in [9.17, 15) is 9.90 Å². The Labute approximate surface area is 121 Å². The van der Waals surface area contributed by atoms with E-state index >= 15 is 0 Å². The fraction of sp³-hybridized carbons (Fsp3) is 0.400. The lowest BCUT2D eigenvalue weighted by molar-refractivity contribution is -0.124. The van der Waals surface area contributed by atoms with Gasteiger partial charge in [0.15, 0.2) is 0 Å². The number of hydrogen-bond acceptors (Lipinski definition) is 4. The summed E-state index contributed by atoms with van der Waals surface area (Å²) in [5.41, 5.74) is -0.354. The van der Waals surface area contributed by atoms with Crippen molar-refractivity contribution >= 4 is 17.2 Å². The molecule has 1 amide bonds. The average molecular weight is 291 g/mol. The van der Waals surface area contributed by atoms with Gasteiger partial charge >= 0.3 is 0 Å². The normalized spacial score (nSPS) is 17.7. The number of rotatable bonds is 5. The molecule has 1 atom stereocenters. The van der Waals surface area contributed by atoms with Crippen LogP contribution in [0.25, 0.3) is 0 Å². The molecule has 3 rings (SSSR count). The summed E-state index contributed by atoms with van der Waals surface area (Å²) in [5.74, 6) is 1.24. The SMILES string of the molecule is Cc1ccc(C(O)CNC(=O)C2(c3cccs3)CC2)o1. The molecule has 0 aliphatic heterocycles. The van der Waals surface area contributed by atoms with Crippen molar-refractivity contribution in [3.8, 4) is 0 Å². The molecule has 0 spiro atoms. The number of hydrogen-bond donors (Lipinski definition) is 2. The summed E-state index contributed by atoms with van der Waals surface area (Å²) in [6, 6.07) is 7.50. The van der Waals surface area contributed by atoms with Crippen molar-refractivity contribution < 1.29 is 14.3 Å². The van der Waals surface area contributed by atoms with Crippen LogP contribution in [0.15, 0.2) is 34.1 Å². The van der Waals surface area contributed by atoms with Crippen LogP contribution in [0, 0.1) is 6.92 Å². The van der Waals surface area contributed by atoms with E-state index in [1.165, 1.54) is 0 Å². The van der Waals surface area contributed by atoms with Gasteiger partial charge in [-0.3, -0.25) is 4.79 Å². The number of aliphatic hydroxyl groups excluding tert-OH is 1. The second-order valence-corrected chi connectivity index (χ2v) is 6.18. The van der Waals surface area contributed by atoms with Crippen LogP contribution < -0.4 is 5.32 Å². The monoisotopic (exact) mass is 291 g/mol. The summed E-state index contributed by atoms with van der Waals surface area (Å²) in [5, 5.41) is 14.8. The molecular formula is C15H17NO3S. The number of amides is 1. The van der Waals surface area contributed by atoms with Crippen molar-refractivity contribution in [2.45, 2.75) is 31.3 Å². The van der Waals surface area contributed by atoms with Crippen molar-refractivity contribution in [1.29, 1.82) is 0 Å². The van der Waals surface area contributed by atoms with Crippen LogP contribution in [0.4, 0.5) is 0 Å². The molecule has 2 N–H and O–H groups in total. The molecule has 0 radical (unpaired) electrons. The number of aliphatic hydroxyl groups is 1.